The molecule has 1 atom stereocenters. The summed E-state index contributed by atoms with van der Waals surface area (Å²) in [4.78, 5) is 4.36. The first-order valence-electron chi connectivity index (χ1n) is 6.78. The van der Waals surface area contributed by atoms with Crippen molar-refractivity contribution in [2.45, 2.75) is 19.9 Å². The Balaban J connectivity index is 2.07. The van der Waals surface area contributed by atoms with Gasteiger partial charge >= 0.3 is 0 Å². The van der Waals surface area contributed by atoms with Crippen LogP contribution in [0.1, 0.15) is 28.6 Å². The molecule has 3 nitrogen and oxygen atoms in total. The number of para-hydroxylation sites is 1. The summed E-state index contributed by atoms with van der Waals surface area (Å²) in [6, 6.07) is 12.4. The predicted molar refractivity (Wildman–Crippen MR) is 80.8 cm³/mol. The van der Waals surface area contributed by atoms with Gasteiger partial charge in [0.2, 0.25) is 0 Å². The summed E-state index contributed by atoms with van der Waals surface area (Å²) in [6.45, 7) is 4.06. The average molecular weight is 266 g/mol. The second-order valence-electron chi connectivity index (χ2n) is 5.10. The Bertz CT molecular complexity index is 728. The van der Waals surface area contributed by atoms with Crippen LogP contribution in [0.15, 0.2) is 47.0 Å². The number of nitrogens with zero attached hydrogens (tertiary/aromatic N) is 1. The van der Waals surface area contributed by atoms with Gasteiger partial charge in [0.25, 0.3) is 0 Å². The van der Waals surface area contributed by atoms with Crippen LogP contribution in [0, 0.1) is 13.8 Å². The third-order valence-corrected chi connectivity index (χ3v) is 3.60. The molecule has 3 rings (SSSR count). The number of aryl methyl sites for hydroxylation is 2. The van der Waals surface area contributed by atoms with Crippen molar-refractivity contribution in [2.75, 3.05) is 7.05 Å². The van der Waals surface area contributed by atoms with E-state index in [2.05, 4.69) is 47.6 Å². The number of rotatable bonds is 3. The lowest BCUT2D eigenvalue weighted by Crippen LogP contribution is -2.17. The number of benzene rings is 1. The van der Waals surface area contributed by atoms with Crippen molar-refractivity contribution in [1.29, 1.82) is 0 Å². The molecule has 0 radical (unpaired) electrons. The molecule has 1 unspecified atom stereocenters. The van der Waals surface area contributed by atoms with Gasteiger partial charge in [0.05, 0.1) is 6.04 Å². The van der Waals surface area contributed by atoms with Gasteiger partial charge in [-0.05, 0) is 44.2 Å². The SMILES string of the molecule is CNC(c1ccc(C)nc1)c1cc2cccc(C)c2o1. The molecular formula is C17H18N2O. The van der Waals surface area contributed by atoms with Gasteiger partial charge in [0.1, 0.15) is 11.3 Å². The molecule has 0 aliphatic rings. The highest BCUT2D eigenvalue weighted by Gasteiger charge is 2.17. The van der Waals surface area contributed by atoms with E-state index in [0.717, 1.165) is 33.6 Å². The average Bonchev–Trinajstić information content (AvgIpc) is 2.87. The van der Waals surface area contributed by atoms with E-state index >= 15 is 0 Å². The molecule has 0 amide bonds. The van der Waals surface area contributed by atoms with E-state index < -0.39 is 0 Å². The molecule has 0 bridgehead atoms. The van der Waals surface area contributed by atoms with Gasteiger partial charge in [0, 0.05) is 17.3 Å². The second-order valence-corrected chi connectivity index (χ2v) is 5.10. The maximum absolute atomic E-state index is 6.05. The molecule has 2 aromatic heterocycles. The molecule has 20 heavy (non-hydrogen) atoms. The van der Waals surface area contributed by atoms with Gasteiger partial charge in [-0.1, -0.05) is 24.3 Å². The molecule has 0 saturated heterocycles. The molecule has 0 spiro atoms. The highest BCUT2D eigenvalue weighted by atomic mass is 16.3. The fourth-order valence-electron chi connectivity index (χ4n) is 2.49. The Morgan fingerprint density at radius 2 is 2.00 bits per heavy atom. The van der Waals surface area contributed by atoms with Gasteiger partial charge in [-0.2, -0.15) is 0 Å². The summed E-state index contributed by atoms with van der Waals surface area (Å²) in [5.41, 5.74) is 4.24. The van der Waals surface area contributed by atoms with Crippen LogP contribution in [0.3, 0.4) is 0 Å². The first kappa shape index (κ1) is 12.9. The highest BCUT2D eigenvalue weighted by molar-refractivity contribution is 5.81. The summed E-state index contributed by atoms with van der Waals surface area (Å²) in [7, 11) is 1.94. The van der Waals surface area contributed by atoms with E-state index in [-0.39, 0.29) is 6.04 Å². The molecule has 0 fully saturated rings. The number of furan rings is 1. The van der Waals surface area contributed by atoms with Gasteiger partial charge in [-0.3, -0.25) is 4.98 Å². The van der Waals surface area contributed by atoms with E-state index in [1.54, 1.807) is 0 Å². The number of nitrogens with one attached hydrogen (secondary N) is 1. The van der Waals surface area contributed by atoms with Crippen LogP contribution in [0.25, 0.3) is 11.0 Å². The summed E-state index contributed by atoms with van der Waals surface area (Å²) >= 11 is 0. The van der Waals surface area contributed by atoms with Crippen molar-refractivity contribution in [2.24, 2.45) is 0 Å². The Hall–Kier alpha value is -2.13. The van der Waals surface area contributed by atoms with Crippen LogP contribution < -0.4 is 5.32 Å². The van der Waals surface area contributed by atoms with Crippen LogP contribution in [0.2, 0.25) is 0 Å². The zero-order valence-corrected chi connectivity index (χ0v) is 12.0. The number of pyridine rings is 1. The van der Waals surface area contributed by atoms with Crippen molar-refractivity contribution < 1.29 is 4.42 Å². The van der Waals surface area contributed by atoms with E-state index in [9.17, 15) is 0 Å². The van der Waals surface area contributed by atoms with Crippen molar-refractivity contribution in [3.63, 3.8) is 0 Å². The smallest absolute Gasteiger partial charge is 0.137 e. The Labute approximate surface area is 118 Å². The quantitative estimate of drug-likeness (QED) is 0.784. The Morgan fingerprint density at radius 1 is 1.15 bits per heavy atom. The van der Waals surface area contributed by atoms with Crippen LogP contribution >= 0.6 is 0 Å². The summed E-state index contributed by atoms with van der Waals surface area (Å²) in [6.07, 6.45) is 1.90. The number of hydrogen-bond donors (Lipinski definition) is 1. The minimum atomic E-state index is 0.0231. The van der Waals surface area contributed by atoms with Crippen molar-refractivity contribution in [3.8, 4) is 0 Å². The molecule has 1 aromatic carbocycles. The number of hydrogen-bond acceptors (Lipinski definition) is 3. The minimum Gasteiger partial charge on any atom is -0.459 e. The number of aromatic nitrogens is 1. The predicted octanol–water partition coefficient (Wildman–Crippen LogP) is 3.75. The van der Waals surface area contributed by atoms with Gasteiger partial charge in [0.15, 0.2) is 0 Å². The van der Waals surface area contributed by atoms with Crippen LogP contribution in [0.4, 0.5) is 0 Å². The summed E-state index contributed by atoms with van der Waals surface area (Å²) < 4.78 is 6.05. The third-order valence-electron chi connectivity index (χ3n) is 3.60. The highest BCUT2D eigenvalue weighted by Crippen LogP contribution is 2.29. The molecule has 3 heteroatoms. The lowest BCUT2D eigenvalue weighted by atomic mass is 10.1. The van der Waals surface area contributed by atoms with Crippen LogP contribution in [-0.4, -0.2) is 12.0 Å². The zero-order chi connectivity index (χ0) is 14.1. The summed E-state index contributed by atoms with van der Waals surface area (Å²) in [5.74, 6) is 0.919. The zero-order valence-electron chi connectivity index (χ0n) is 12.0. The third kappa shape index (κ3) is 2.21. The maximum Gasteiger partial charge on any atom is 0.137 e. The molecular weight excluding hydrogens is 248 g/mol. The van der Waals surface area contributed by atoms with E-state index in [1.165, 1.54) is 0 Å². The van der Waals surface area contributed by atoms with E-state index in [0.29, 0.717) is 0 Å². The fraction of sp³-hybridized carbons (Fsp3) is 0.235. The Morgan fingerprint density at radius 3 is 2.65 bits per heavy atom. The maximum atomic E-state index is 6.05. The van der Waals surface area contributed by atoms with E-state index in [4.69, 9.17) is 4.42 Å². The molecule has 102 valence electrons. The minimum absolute atomic E-state index is 0.0231. The second kappa shape index (κ2) is 5.10. The molecule has 0 aliphatic heterocycles. The van der Waals surface area contributed by atoms with Crippen molar-refractivity contribution in [1.82, 2.24) is 10.3 Å². The molecule has 0 aliphatic carbocycles. The normalized spacial score (nSPS) is 12.8. The van der Waals surface area contributed by atoms with Crippen molar-refractivity contribution in [3.05, 3.63) is 65.2 Å². The van der Waals surface area contributed by atoms with E-state index in [1.807, 2.05) is 26.2 Å². The summed E-state index contributed by atoms with van der Waals surface area (Å²) in [5, 5.41) is 4.44. The van der Waals surface area contributed by atoms with Crippen LogP contribution in [0.5, 0.6) is 0 Å². The molecule has 2 heterocycles. The molecule has 3 aromatic rings. The first-order chi connectivity index (χ1) is 9.69. The lowest BCUT2D eigenvalue weighted by Gasteiger charge is -2.13. The van der Waals surface area contributed by atoms with Gasteiger partial charge < -0.3 is 9.73 Å². The monoisotopic (exact) mass is 266 g/mol. The lowest BCUT2D eigenvalue weighted by molar-refractivity contribution is 0.490. The standard InChI is InChI=1S/C17H18N2O/c1-11-5-4-6-13-9-15(20-17(11)13)16(18-3)14-8-7-12(2)19-10-14/h4-10,16,18H,1-3H3. The fourth-order valence-corrected chi connectivity index (χ4v) is 2.49. The van der Waals surface area contributed by atoms with Gasteiger partial charge in [-0.15, -0.1) is 0 Å². The molecule has 0 saturated carbocycles. The van der Waals surface area contributed by atoms with Crippen LogP contribution in [-0.2, 0) is 0 Å². The Kier molecular flexibility index (Phi) is 3.28. The number of fused-ring (bicyclic) bond motifs is 1. The largest absolute Gasteiger partial charge is 0.459 e. The van der Waals surface area contributed by atoms with Gasteiger partial charge in [-0.25, -0.2) is 0 Å². The molecule has 1 N–H and O–H groups in total. The topological polar surface area (TPSA) is 38.1 Å². The van der Waals surface area contributed by atoms with Crippen molar-refractivity contribution >= 4 is 11.0 Å². The first-order valence-corrected chi connectivity index (χ1v) is 6.78.